The highest BCUT2D eigenvalue weighted by molar-refractivity contribution is 7.92. The second-order valence-electron chi connectivity index (χ2n) is 10.8. The minimum absolute atomic E-state index is 0.0922. The SMILES string of the molecule is CNC(=O)c1c(-c2ccc(F)cc2)oc2cc(N(C)S(C)(=O)=O)c(-c3cnc(OC)c(-c4nc5c(s4)CCCN5C(C)=O)c3)cc12. The molecule has 6 rings (SSSR count). The quantitative estimate of drug-likeness (QED) is 0.242. The number of thiazole rings is 1. The molecule has 2 aromatic carbocycles. The Hall–Kier alpha value is -4.82. The smallest absolute Gasteiger partial charge is 0.255 e. The molecule has 238 valence electrons. The van der Waals surface area contributed by atoms with Gasteiger partial charge in [-0.25, -0.2) is 22.8 Å². The molecule has 0 bridgehead atoms. The fourth-order valence-electron chi connectivity index (χ4n) is 5.52. The zero-order chi connectivity index (χ0) is 32.9. The average Bonchev–Trinajstić information content (AvgIpc) is 3.64. The fourth-order valence-corrected chi connectivity index (χ4v) is 7.14. The lowest BCUT2D eigenvalue weighted by Gasteiger charge is -2.23. The number of anilines is 2. The van der Waals surface area contributed by atoms with Crippen LogP contribution in [-0.4, -0.2) is 64.2 Å². The van der Waals surface area contributed by atoms with Crippen molar-refractivity contribution in [1.82, 2.24) is 15.3 Å². The number of pyridine rings is 1. The Kier molecular flexibility index (Phi) is 8.02. The number of rotatable bonds is 7. The van der Waals surface area contributed by atoms with Gasteiger partial charge in [0.15, 0.2) is 0 Å². The van der Waals surface area contributed by atoms with E-state index in [0.717, 1.165) is 28.3 Å². The number of benzene rings is 2. The van der Waals surface area contributed by atoms with E-state index in [1.807, 2.05) is 0 Å². The van der Waals surface area contributed by atoms with Crippen LogP contribution in [-0.2, 0) is 21.2 Å². The Balaban J connectivity index is 1.60. The van der Waals surface area contributed by atoms with Gasteiger partial charge in [0.05, 0.1) is 30.2 Å². The molecule has 5 aromatic rings. The lowest BCUT2D eigenvalue weighted by atomic mass is 9.98. The van der Waals surface area contributed by atoms with Crippen LogP contribution in [0.15, 0.2) is 53.1 Å². The van der Waals surface area contributed by atoms with Crippen LogP contribution in [0.25, 0.3) is 44.0 Å². The number of amides is 2. The summed E-state index contributed by atoms with van der Waals surface area (Å²) in [5.41, 5.74) is 2.73. The van der Waals surface area contributed by atoms with E-state index in [-0.39, 0.29) is 28.5 Å². The number of furan rings is 1. The van der Waals surface area contributed by atoms with Gasteiger partial charge in [-0.05, 0) is 49.2 Å². The standard InChI is InChI=1S/C32H30FN5O6S2/c1-17(39)38-12-6-7-26-29(38)36-32(45-26)23-13-19(16-35-31(23)43-4)21-14-22-25(15-24(21)37(3)46(5,41)42)44-28(27(22)30(40)34-2)18-8-10-20(33)11-9-18/h8-11,13-16H,6-7,12H2,1-5H3,(H,34,40). The van der Waals surface area contributed by atoms with Crippen molar-refractivity contribution in [3.05, 3.63) is 64.9 Å². The van der Waals surface area contributed by atoms with Crippen LogP contribution < -0.4 is 19.3 Å². The van der Waals surface area contributed by atoms with Crippen LogP contribution in [0.1, 0.15) is 28.6 Å². The van der Waals surface area contributed by atoms with Crippen LogP contribution in [0.4, 0.5) is 15.9 Å². The Morgan fingerprint density at radius 3 is 2.52 bits per heavy atom. The predicted molar refractivity (Wildman–Crippen MR) is 175 cm³/mol. The first-order valence-corrected chi connectivity index (χ1v) is 16.9. The monoisotopic (exact) mass is 663 g/mol. The molecule has 0 saturated carbocycles. The van der Waals surface area contributed by atoms with Gasteiger partial charge in [-0.2, -0.15) is 0 Å². The predicted octanol–water partition coefficient (Wildman–Crippen LogP) is 5.49. The van der Waals surface area contributed by atoms with Gasteiger partial charge in [0.1, 0.15) is 28.0 Å². The zero-order valence-electron chi connectivity index (χ0n) is 25.7. The van der Waals surface area contributed by atoms with Gasteiger partial charge < -0.3 is 14.5 Å². The van der Waals surface area contributed by atoms with Crippen molar-refractivity contribution in [3.8, 4) is 38.9 Å². The summed E-state index contributed by atoms with van der Waals surface area (Å²) < 4.78 is 52.3. The Morgan fingerprint density at radius 1 is 1.13 bits per heavy atom. The average molecular weight is 664 g/mol. The number of aryl methyl sites for hydroxylation is 1. The maximum Gasteiger partial charge on any atom is 0.255 e. The van der Waals surface area contributed by atoms with Crippen LogP contribution in [0.3, 0.4) is 0 Å². The molecular formula is C32H30FN5O6S2. The van der Waals surface area contributed by atoms with E-state index >= 15 is 0 Å². The summed E-state index contributed by atoms with van der Waals surface area (Å²) in [5, 5.41) is 3.65. The minimum Gasteiger partial charge on any atom is -0.480 e. The summed E-state index contributed by atoms with van der Waals surface area (Å²) >= 11 is 1.45. The van der Waals surface area contributed by atoms with Gasteiger partial charge >= 0.3 is 0 Å². The number of halogens is 1. The van der Waals surface area contributed by atoms with Crippen molar-refractivity contribution < 1.29 is 31.6 Å². The number of hydrogen-bond acceptors (Lipinski definition) is 9. The number of nitrogens with one attached hydrogen (secondary N) is 1. The minimum atomic E-state index is -3.75. The first-order valence-electron chi connectivity index (χ1n) is 14.3. The molecule has 0 aliphatic carbocycles. The second-order valence-corrected chi connectivity index (χ2v) is 13.9. The second kappa shape index (κ2) is 11.8. The third-order valence-corrected chi connectivity index (χ3v) is 10.2. The molecule has 0 unspecified atom stereocenters. The van der Waals surface area contributed by atoms with E-state index in [4.69, 9.17) is 14.1 Å². The lowest BCUT2D eigenvalue weighted by molar-refractivity contribution is -0.116. The van der Waals surface area contributed by atoms with Gasteiger partial charge in [-0.3, -0.25) is 18.8 Å². The number of aromatic nitrogens is 2. The van der Waals surface area contributed by atoms with Crippen LogP contribution in [0, 0.1) is 5.82 Å². The van der Waals surface area contributed by atoms with Crippen molar-refractivity contribution >= 4 is 55.6 Å². The summed E-state index contributed by atoms with van der Waals surface area (Å²) in [6.07, 6.45) is 4.25. The van der Waals surface area contributed by atoms with E-state index in [9.17, 15) is 22.4 Å². The number of fused-ring (bicyclic) bond motifs is 2. The Labute approximate surface area is 268 Å². The van der Waals surface area contributed by atoms with E-state index in [1.165, 1.54) is 63.7 Å². The Bertz CT molecular complexity index is 2120. The molecule has 11 nitrogen and oxygen atoms in total. The molecule has 0 atom stereocenters. The number of hydrogen-bond donors (Lipinski definition) is 1. The maximum absolute atomic E-state index is 13.7. The zero-order valence-corrected chi connectivity index (χ0v) is 27.3. The number of carbonyl (C=O) groups excluding carboxylic acids is 2. The van der Waals surface area contributed by atoms with Gasteiger partial charge in [0.25, 0.3) is 5.91 Å². The van der Waals surface area contributed by atoms with Gasteiger partial charge in [-0.1, -0.05) is 0 Å². The molecule has 46 heavy (non-hydrogen) atoms. The molecule has 14 heteroatoms. The van der Waals surface area contributed by atoms with E-state index < -0.39 is 21.7 Å². The molecule has 4 heterocycles. The van der Waals surface area contributed by atoms with Crippen molar-refractivity contribution in [3.63, 3.8) is 0 Å². The van der Waals surface area contributed by atoms with Gasteiger partial charge in [0, 0.05) is 66.8 Å². The number of ether oxygens (including phenoxy) is 1. The van der Waals surface area contributed by atoms with Gasteiger partial charge in [-0.15, -0.1) is 11.3 Å². The molecule has 2 amide bonds. The Morgan fingerprint density at radius 2 is 1.87 bits per heavy atom. The first kappa shape index (κ1) is 31.2. The van der Waals surface area contributed by atoms with E-state index in [1.54, 1.807) is 29.3 Å². The third kappa shape index (κ3) is 5.47. The normalized spacial score (nSPS) is 13.0. The number of methoxy groups -OCH3 is 1. The molecule has 1 aliphatic rings. The molecular weight excluding hydrogens is 634 g/mol. The molecule has 0 radical (unpaired) electrons. The van der Waals surface area contributed by atoms with Gasteiger partial charge in [0.2, 0.25) is 21.8 Å². The topological polar surface area (TPSA) is 135 Å². The molecule has 0 saturated heterocycles. The summed E-state index contributed by atoms with van der Waals surface area (Å²) in [5.74, 6) is 0.147. The fraction of sp³-hybridized carbons (Fsp3) is 0.250. The van der Waals surface area contributed by atoms with Crippen LogP contribution in [0.2, 0.25) is 0 Å². The van der Waals surface area contributed by atoms with Crippen molar-refractivity contribution in [1.29, 1.82) is 0 Å². The summed E-state index contributed by atoms with van der Waals surface area (Å²) in [6.45, 7) is 2.09. The van der Waals surface area contributed by atoms with Crippen molar-refractivity contribution in [2.24, 2.45) is 0 Å². The lowest BCUT2D eigenvalue weighted by Crippen LogP contribution is -2.33. The first-order chi connectivity index (χ1) is 21.9. The summed E-state index contributed by atoms with van der Waals surface area (Å²) in [7, 11) is 0.656. The third-order valence-electron chi connectivity index (χ3n) is 7.89. The number of carbonyl (C=O) groups is 2. The number of nitrogens with zero attached hydrogens (tertiary/aromatic N) is 4. The van der Waals surface area contributed by atoms with Crippen LogP contribution >= 0.6 is 11.3 Å². The maximum atomic E-state index is 13.7. The molecule has 1 N–H and O–H groups in total. The molecule has 0 fully saturated rings. The van der Waals surface area contributed by atoms with E-state index in [2.05, 4.69) is 10.3 Å². The van der Waals surface area contributed by atoms with Crippen molar-refractivity contribution in [2.45, 2.75) is 19.8 Å². The van der Waals surface area contributed by atoms with Crippen molar-refractivity contribution in [2.75, 3.05) is 43.2 Å². The highest BCUT2D eigenvalue weighted by Crippen LogP contribution is 2.44. The molecule has 3 aromatic heterocycles. The summed E-state index contributed by atoms with van der Waals surface area (Å²) in [6, 6.07) is 10.6. The largest absolute Gasteiger partial charge is 0.480 e. The highest BCUT2D eigenvalue weighted by Gasteiger charge is 2.29. The molecule has 0 spiro atoms. The highest BCUT2D eigenvalue weighted by atomic mass is 32.2. The van der Waals surface area contributed by atoms with Crippen LogP contribution in [0.5, 0.6) is 5.88 Å². The number of sulfonamides is 1. The molecule has 1 aliphatic heterocycles. The summed E-state index contributed by atoms with van der Waals surface area (Å²) in [4.78, 5) is 37.6. The van der Waals surface area contributed by atoms with E-state index in [0.29, 0.717) is 50.9 Å².